The highest BCUT2D eigenvalue weighted by molar-refractivity contribution is 5.92. The van der Waals surface area contributed by atoms with E-state index in [1.54, 1.807) is 0 Å². The average molecular weight is 344 g/mol. The van der Waals surface area contributed by atoms with Gasteiger partial charge in [0.1, 0.15) is 5.75 Å². The van der Waals surface area contributed by atoms with Crippen molar-refractivity contribution in [2.24, 2.45) is 5.92 Å². The molecule has 0 aliphatic heterocycles. The van der Waals surface area contributed by atoms with Gasteiger partial charge in [0, 0.05) is 11.8 Å². The summed E-state index contributed by atoms with van der Waals surface area (Å²) in [4.78, 5) is 12.0. The van der Waals surface area contributed by atoms with E-state index in [9.17, 15) is 4.79 Å². The second kappa shape index (κ2) is 10.9. The van der Waals surface area contributed by atoms with Gasteiger partial charge in [-0.3, -0.25) is 4.79 Å². The molecule has 1 aliphatic rings. The first-order chi connectivity index (χ1) is 12.1. The van der Waals surface area contributed by atoms with Crippen LogP contribution < -0.4 is 15.4 Å². The fourth-order valence-electron chi connectivity index (χ4n) is 2.86. The summed E-state index contributed by atoms with van der Waals surface area (Å²) < 4.78 is 5.73. The van der Waals surface area contributed by atoms with E-state index in [2.05, 4.69) is 30.6 Å². The predicted molar refractivity (Wildman–Crippen MR) is 104 cm³/mol. The van der Waals surface area contributed by atoms with Crippen molar-refractivity contribution in [1.82, 2.24) is 5.32 Å². The van der Waals surface area contributed by atoms with Crippen molar-refractivity contribution >= 4 is 11.6 Å². The van der Waals surface area contributed by atoms with Crippen molar-refractivity contribution in [3.63, 3.8) is 0 Å². The number of carbonyl (C=O) groups is 1. The fraction of sp³-hybridized carbons (Fsp3) is 0.571. The third-order valence-corrected chi connectivity index (χ3v) is 4.38. The number of hydrogen-bond acceptors (Lipinski definition) is 3. The van der Waals surface area contributed by atoms with Crippen molar-refractivity contribution in [2.75, 3.05) is 25.0 Å². The normalized spacial score (nSPS) is 14.3. The Morgan fingerprint density at radius 3 is 2.92 bits per heavy atom. The molecule has 0 bridgehead atoms. The molecule has 2 N–H and O–H groups in total. The Labute approximate surface area is 152 Å². The third-order valence-electron chi connectivity index (χ3n) is 4.38. The zero-order valence-electron chi connectivity index (χ0n) is 15.6. The lowest BCUT2D eigenvalue weighted by atomic mass is 9.97. The lowest BCUT2D eigenvalue weighted by molar-refractivity contribution is -0.115. The van der Waals surface area contributed by atoms with Crippen molar-refractivity contribution in [3.05, 3.63) is 35.9 Å². The van der Waals surface area contributed by atoms with Crippen LogP contribution in [-0.4, -0.2) is 25.6 Å². The molecule has 0 aromatic heterocycles. The van der Waals surface area contributed by atoms with E-state index >= 15 is 0 Å². The zero-order valence-corrected chi connectivity index (χ0v) is 15.6. The molecule has 1 aliphatic carbocycles. The van der Waals surface area contributed by atoms with Crippen LogP contribution in [0.1, 0.15) is 52.4 Å². The van der Waals surface area contributed by atoms with E-state index in [-0.39, 0.29) is 5.91 Å². The monoisotopic (exact) mass is 344 g/mol. The Hall–Kier alpha value is -1.81. The number of benzene rings is 1. The van der Waals surface area contributed by atoms with E-state index in [4.69, 9.17) is 4.74 Å². The molecular weight excluding hydrogens is 312 g/mol. The number of amides is 1. The quantitative estimate of drug-likeness (QED) is 0.484. The summed E-state index contributed by atoms with van der Waals surface area (Å²) in [6.07, 6.45) is 9.49. The van der Waals surface area contributed by atoms with Crippen molar-refractivity contribution < 1.29 is 9.53 Å². The molecule has 0 saturated heterocycles. The highest BCUT2D eigenvalue weighted by Crippen LogP contribution is 2.19. The largest absolute Gasteiger partial charge is 0.494 e. The van der Waals surface area contributed by atoms with E-state index in [0.29, 0.717) is 19.1 Å². The second-order valence-electron chi connectivity index (χ2n) is 7.14. The lowest BCUT2D eigenvalue weighted by Crippen LogP contribution is -2.29. The Bertz CT molecular complexity index is 567. The number of nitrogens with one attached hydrogen (secondary N) is 2. The molecule has 138 valence electrons. The summed E-state index contributed by atoms with van der Waals surface area (Å²) >= 11 is 0. The summed E-state index contributed by atoms with van der Waals surface area (Å²) in [5.41, 5.74) is 2.31. The van der Waals surface area contributed by atoms with Crippen LogP contribution in [0.5, 0.6) is 5.75 Å². The third kappa shape index (κ3) is 8.21. The van der Waals surface area contributed by atoms with Crippen LogP contribution in [0.15, 0.2) is 35.9 Å². The molecule has 0 saturated carbocycles. The van der Waals surface area contributed by atoms with Crippen molar-refractivity contribution in [2.45, 2.75) is 52.4 Å². The Morgan fingerprint density at radius 1 is 1.28 bits per heavy atom. The lowest BCUT2D eigenvalue weighted by Gasteiger charge is -2.13. The highest BCUT2D eigenvalue weighted by atomic mass is 16.5. The van der Waals surface area contributed by atoms with Gasteiger partial charge in [-0.25, -0.2) is 0 Å². The minimum absolute atomic E-state index is 0.0167. The molecule has 0 spiro atoms. The maximum atomic E-state index is 12.0. The van der Waals surface area contributed by atoms with Crippen LogP contribution in [0.4, 0.5) is 5.69 Å². The topological polar surface area (TPSA) is 50.4 Å². The van der Waals surface area contributed by atoms with Gasteiger partial charge in [-0.2, -0.15) is 0 Å². The Kier molecular flexibility index (Phi) is 8.53. The fourth-order valence-corrected chi connectivity index (χ4v) is 2.86. The predicted octanol–water partition coefficient (Wildman–Crippen LogP) is 4.53. The molecule has 0 radical (unpaired) electrons. The summed E-state index contributed by atoms with van der Waals surface area (Å²) in [6, 6.07) is 7.60. The number of rotatable bonds is 10. The van der Waals surface area contributed by atoms with Gasteiger partial charge in [-0.15, -0.1) is 0 Å². The average Bonchev–Trinajstić information content (AvgIpc) is 2.60. The highest BCUT2D eigenvalue weighted by Gasteiger charge is 2.06. The van der Waals surface area contributed by atoms with E-state index in [0.717, 1.165) is 30.8 Å². The van der Waals surface area contributed by atoms with Gasteiger partial charge in [0.25, 0.3) is 0 Å². The van der Waals surface area contributed by atoms with E-state index in [1.807, 2.05) is 24.3 Å². The first kappa shape index (κ1) is 19.5. The van der Waals surface area contributed by atoms with Crippen molar-refractivity contribution in [1.29, 1.82) is 0 Å². The summed E-state index contributed by atoms with van der Waals surface area (Å²) in [6.45, 7) is 6.26. The number of hydrogen-bond donors (Lipinski definition) is 2. The molecule has 1 aromatic carbocycles. The molecule has 4 nitrogen and oxygen atoms in total. The molecule has 0 fully saturated rings. The molecule has 1 amide bonds. The van der Waals surface area contributed by atoms with Crippen LogP contribution in [-0.2, 0) is 4.79 Å². The zero-order chi connectivity index (χ0) is 17.9. The van der Waals surface area contributed by atoms with Gasteiger partial charge >= 0.3 is 0 Å². The Morgan fingerprint density at radius 2 is 2.16 bits per heavy atom. The minimum atomic E-state index is -0.0167. The molecule has 2 rings (SSSR count). The van der Waals surface area contributed by atoms with Gasteiger partial charge < -0.3 is 15.4 Å². The first-order valence-corrected chi connectivity index (χ1v) is 9.55. The molecule has 4 heteroatoms. The smallest absolute Gasteiger partial charge is 0.238 e. The molecule has 0 heterocycles. The molecule has 25 heavy (non-hydrogen) atoms. The second-order valence-corrected chi connectivity index (χ2v) is 7.14. The number of allylic oxidation sites excluding steroid dienone is 1. The van der Waals surface area contributed by atoms with Gasteiger partial charge in [-0.05, 0) is 63.1 Å². The molecule has 0 unspecified atom stereocenters. The van der Waals surface area contributed by atoms with Crippen molar-refractivity contribution in [3.8, 4) is 5.75 Å². The minimum Gasteiger partial charge on any atom is -0.494 e. The van der Waals surface area contributed by atoms with Crippen LogP contribution in [0.3, 0.4) is 0 Å². The molecule has 1 aromatic rings. The SMILES string of the molecule is CC(C)CCOc1cccc(NC(=O)CNCCC2=CCCCC2)c1. The molecular formula is C21H32N2O2. The van der Waals surface area contributed by atoms with Gasteiger partial charge in [0.05, 0.1) is 13.2 Å². The van der Waals surface area contributed by atoms with Gasteiger partial charge in [-0.1, -0.05) is 31.6 Å². The Balaban J connectivity index is 1.66. The maximum Gasteiger partial charge on any atom is 0.238 e. The van der Waals surface area contributed by atoms with Crippen LogP contribution in [0.25, 0.3) is 0 Å². The van der Waals surface area contributed by atoms with Crippen LogP contribution >= 0.6 is 0 Å². The van der Waals surface area contributed by atoms with E-state index < -0.39 is 0 Å². The number of anilines is 1. The van der Waals surface area contributed by atoms with Crippen LogP contribution in [0, 0.1) is 5.92 Å². The maximum absolute atomic E-state index is 12.0. The van der Waals surface area contributed by atoms with Gasteiger partial charge in [0.2, 0.25) is 5.91 Å². The number of ether oxygens (including phenoxy) is 1. The molecule has 0 atom stereocenters. The number of carbonyl (C=O) groups excluding carboxylic acids is 1. The summed E-state index contributed by atoms with van der Waals surface area (Å²) in [7, 11) is 0. The standard InChI is InChI=1S/C21H32N2O2/c1-17(2)12-14-25-20-10-6-9-19(15-20)23-21(24)16-22-13-11-18-7-4-3-5-8-18/h6-7,9-10,15,17,22H,3-5,8,11-14,16H2,1-2H3,(H,23,24). The van der Waals surface area contributed by atoms with Gasteiger partial charge in [0.15, 0.2) is 0 Å². The summed E-state index contributed by atoms with van der Waals surface area (Å²) in [5.74, 6) is 1.41. The van der Waals surface area contributed by atoms with Crippen LogP contribution in [0.2, 0.25) is 0 Å². The summed E-state index contributed by atoms with van der Waals surface area (Å²) in [5, 5.41) is 6.15. The first-order valence-electron chi connectivity index (χ1n) is 9.55. The van der Waals surface area contributed by atoms with E-state index in [1.165, 1.54) is 31.3 Å².